The van der Waals surface area contributed by atoms with Crippen molar-refractivity contribution in [3.63, 3.8) is 0 Å². The number of pyridine rings is 1. The van der Waals surface area contributed by atoms with Crippen LogP contribution in [0.5, 0.6) is 0 Å². The standard InChI is InChI=1S/C21H29N/c1-7-20(3,4)17-11-9-10-16(14-17)19-15-18(12-13-22-19)21(5,6)8-2/h9-15H,7-8H2,1-6H3. The van der Waals surface area contributed by atoms with Crippen LogP contribution in [0.1, 0.15) is 65.5 Å². The number of hydrogen-bond donors (Lipinski definition) is 0. The molecule has 0 unspecified atom stereocenters. The van der Waals surface area contributed by atoms with Gasteiger partial charge in [-0.25, -0.2) is 0 Å². The molecule has 0 saturated heterocycles. The molecule has 0 radical (unpaired) electrons. The van der Waals surface area contributed by atoms with E-state index in [0.717, 1.165) is 18.5 Å². The van der Waals surface area contributed by atoms with Crippen LogP contribution >= 0.6 is 0 Å². The van der Waals surface area contributed by atoms with Crippen LogP contribution in [0.3, 0.4) is 0 Å². The minimum Gasteiger partial charge on any atom is -0.256 e. The molecule has 118 valence electrons. The Morgan fingerprint density at radius 3 is 2.00 bits per heavy atom. The lowest BCUT2D eigenvalue weighted by atomic mass is 9.80. The molecule has 0 amide bonds. The second kappa shape index (κ2) is 6.24. The second-order valence-electron chi connectivity index (χ2n) is 7.49. The fraction of sp³-hybridized carbons (Fsp3) is 0.476. The summed E-state index contributed by atoms with van der Waals surface area (Å²) in [4.78, 5) is 4.61. The van der Waals surface area contributed by atoms with Gasteiger partial charge in [0.25, 0.3) is 0 Å². The molecule has 1 heterocycles. The Hall–Kier alpha value is -1.63. The highest BCUT2D eigenvalue weighted by Gasteiger charge is 2.20. The van der Waals surface area contributed by atoms with Gasteiger partial charge in [-0.1, -0.05) is 59.7 Å². The van der Waals surface area contributed by atoms with E-state index in [1.54, 1.807) is 0 Å². The number of hydrogen-bond acceptors (Lipinski definition) is 1. The van der Waals surface area contributed by atoms with Crippen LogP contribution in [0.2, 0.25) is 0 Å². The van der Waals surface area contributed by atoms with Gasteiger partial charge in [0, 0.05) is 11.8 Å². The number of nitrogens with zero attached hydrogens (tertiary/aromatic N) is 1. The van der Waals surface area contributed by atoms with E-state index in [0.29, 0.717) is 0 Å². The molecule has 0 bridgehead atoms. The third kappa shape index (κ3) is 3.40. The zero-order chi connectivity index (χ0) is 16.4. The van der Waals surface area contributed by atoms with Crippen LogP contribution in [-0.4, -0.2) is 4.98 Å². The van der Waals surface area contributed by atoms with Crippen molar-refractivity contribution in [3.05, 3.63) is 53.7 Å². The minimum atomic E-state index is 0.192. The van der Waals surface area contributed by atoms with E-state index in [9.17, 15) is 0 Å². The van der Waals surface area contributed by atoms with Crippen molar-refractivity contribution >= 4 is 0 Å². The fourth-order valence-corrected chi connectivity index (χ4v) is 2.52. The first-order valence-electron chi connectivity index (χ1n) is 8.37. The number of benzene rings is 1. The van der Waals surface area contributed by atoms with E-state index in [4.69, 9.17) is 0 Å². The van der Waals surface area contributed by atoms with Crippen LogP contribution in [0.15, 0.2) is 42.6 Å². The largest absolute Gasteiger partial charge is 0.256 e. The Bertz CT molecular complexity index is 580. The molecule has 1 aromatic heterocycles. The fourth-order valence-electron chi connectivity index (χ4n) is 2.52. The third-order valence-electron chi connectivity index (χ3n) is 5.25. The van der Waals surface area contributed by atoms with Crippen molar-refractivity contribution in [1.29, 1.82) is 0 Å². The third-order valence-corrected chi connectivity index (χ3v) is 5.25. The molecule has 0 aliphatic heterocycles. The monoisotopic (exact) mass is 295 g/mol. The topological polar surface area (TPSA) is 12.9 Å². The summed E-state index contributed by atoms with van der Waals surface area (Å²) in [6.07, 6.45) is 4.20. The number of rotatable bonds is 5. The lowest BCUT2D eigenvalue weighted by Crippen LogP contribution is -2.16. The van der Waals surface area contributed by atoms with Gasteiger partial charge in [-0.05, 0) is 53.0 Å². The molecule has 1 aromatic carbocycles. The van der Waals surface area contributed by atoms with Crippen LogP contribution in [0.25, 0.3) is 11.3 Å². The number of aromatic nitrogens is 1. The smallest absolute Gasteiger partial charge is 0.0704 e. The van der Waals surface area contributed by atoms with Gasteiger partial charge in [0.1, 0.15) is 0 Å². The molecule has 0 aliphatic rings. The molecule has 0 N–H and O–H groups in total. The van der Waals surface area contributed by atoms with E-state index in [1.807, 2.05) is 6.20 Å². The quantitative estimate of drug-likeness (QED) is 0.647. The highest BCUT2D eigenvalue weighted by atomic mass is 14.7. The Labute approximate surface area is 135 Å². The van der Waals surface area contributed by atoms with E-state index in [2.05, 4.69) is 82.9 Å². The van der Waals surface area contributed by atoms with Crippen LogP contribution < -0.4 is 0 Å². The second-order valence-corrected chi connectivity index (χ2v) is 7.49. The van der Waals surface area contributed by atoms with Crippen LogP contribution in [0.4, 0.5) is 0 Å². The summed E-state index contributed by atoms with van der Waals surface area (Å²) in [6, 6.07) is 13.2. The molecule has 0 aliphatic carbocycles. The first-order chi connectivity index (χ1) is 10.3. The normalized spacial score (nSPS) is 12.5. The average Bonchev–Trinajstić information content (AvgIpc) is 2.55. The molecule has 0 atom stereocenters. The zero-order valence-corrected chi connectivity index (χ0v) is 14.9. The Morgan fingerprint density at radius 2 is 1.41 bits per heavy atom. The first kappa shape index (κ1) is 16.7. The van der Waals surface area contributed by atoms with E-state index < -0.39 is 0 Å². The lowest BCUT2D eigenvalue weighted by Gasteiger charge is -2.25. The predicted octanol–water partition coefficient (Wildman–Crippen LogP) is 6.12. The van der Waals surface area contributed by atoms with E-state index in [-0.39, 0.29) is 10.8 Å². The lowest BCUT2D eigenvalue weighted by molar-refractivity contribution is 0.505. The van der Waals surface area contributed by atoms with Gasteiger partial charge in [0.15, 0.2) is 0 Å². The minimum absolute atomic E-state index is 0.192. The molecule has 2 rings (SSSR count). The van der Waals surface area contributed by atoms with Crippen molar-refractivity contribution in [2.24, 2.45) is 0 Å². The summed E-state index contributed by atoms with van der Waals surface area (Å²) >= 11 is 0. The van der Waals surface area contributed by atoms with Gasteiger partial charge in [-0.3, -0.25) is 4.98 Å². The van der Waals surface area contributed by atoms with Crippen LogP contribution in [0, 0.1) is 0 Å². The van der Waals surface area contributed by atoms with Gasteiger partial charge in [0.05, 0.1) is 5.69 Å². The average molecular weight is 295 g/mol. The summed E-state index contributed by atoms with van der Waals surface area (Å²) in [5.41, 5.74) is 5.43. The van der Waals surface area contributed by atoms with Gasteiger partial charge >= 0.3 is 0 Å². The maximum Gasteiger partial charge on any atom is 0.0704 e. The molecule has 0 fully saturated rings. The SMILES string of the molecule is CCC(C)(C)c1cccc(-c2cc(C(C)(C)CC)ccn2)c1. The van der Waals surface area contributed by atoms with Crippen LogP contribution in [-0.2, 0) is 10.8 Å². The maximum absolute atomic E-state index is 4.61. The summed E-state index contributed by atoms with van der Waals surface area (Å²) in [6.45, 7) is 13.7. The van der Waals surface area contributed by atoms with E-state index >= 15 is 0 Å². The Kier molecular flexibility index (Phi) is 4.75. The van der Waals surface area contributed by atoms with Crippen molar-refractivity contribution in [2.75, 3.05) is 0 Å². The summed E-state index contributed by atoms with van der Waals surface area (Å²) < 4.78 is 0. The molecule has 1 heteroatoms. The molecule has 2 aromatic rings. The summed E-state index contributed by atoms with van der Waals surface area (Å²) in [5.74, 6) is 0. The summed E-state index contributed by atoms with van der Waals surface area (Å²) in [7, 11) is 0. The summed E-state index contributed by atoms with van der Waals surface area (Å²) in [5, 5.41) is 0. The van der Waals surface area contributed by atoms with Gasteiger partial charge < -0.3 is 0 Å². The van der Waals surface area contributed by atoms with Crippen molar-refractivity contribution < 1.29 is 0 Å². The molecule has 22 heavy (non-hydrogen) atoms. The Morgan fingerprint density at radius 1 is 0.818 bits per heavy atom. The van der Waals surface area contributed by atoms with Crippen molar-refractivity contribution in [2.45, 2.75) is 65.2 Å². The van der Waals surface area contributed by atoms with Gasteiger partial charge in [0.2, 0.25) is 0 Å². The first-order valence-corrected chi connectivity index (χ1v) is 8.37. The van der Waals surface area contributed by atoms with Gasteiger partial charge in [-0.2, -0.15) is 0 Å². The molecule has 0 spiro atoms. The van der Waals surface area contributed by atoms with Gasteiger partial charge in [-0.15, -0.1) is 0 Å². The molecular formula is C21H29N. The van der Waals surface area contributed by atoms with Crippen molar-refractivity contribution in [3.8, 4) is 11.3 Å². The molecule has 1 nitrogen and oxygen atoms in total. The van der Waals surface area contributed by atoms with E-state index in [1.165, 1.54) is 16.7 Å². The predicted molar refractivity (Wildman–Crippen MR) is 96.3 cm³/mol. The Balaban J connectivity index is 2.45. The maximum atomic E-state index is 4.61. The van der Waals surface area contributed by atoms with Crippen molar-refractivity contribution in [1.82, 2.24) is 4.98 Å². The highest BCUT2D eigenvalue weighted by Crippen LogP contribution is 2.32. The molecular weight excluding hydrogens is 266 g/mol. The molecule has 0 saturated carbocycles. The zero-order valence-electron chi connectivity index (χ0n) is 14.9. The highest BCUT2D eigenvalue weighted by molar-refractivity contribution is 5.61.